The van der Waals surface area contributed by atoms with Gasteiger partial charge in [-0.2, -0.15) is 0 Å². The zero-order valence-electron chi connectivity index (χ0n) is 15.8. The van der Waals surface area contributed by atoms with Crippen molar-refractivity contribution in [2.24, 2.45) is 34.5 Å². The molecular weight excluding hydrogens is 396 g/mol. The lowest BCUT2D eigenvalue weighted by atomic mass is 9.44. The lowest BCUT2D eigenvalue weighted by molar-refractivity contribution is -0.177. The summed E-state index contributed by atoms with van der Waals surface area (Å²) < 4.78 is 0. The maximum Gasteiger partial charge on any atom is 0.175 e. The van der Waals surface area contributed by atoms with Crippen molar-refractivity contribution in [1.82, 2.24) is 0 Å². The predicted octanol–water partition coefficient (Wildman–Crippen LogP) is 3.26. The van der Waals surface area contributed by atoms with Crippen molar-refractivity contribution in [2.45, 2.75) is 76.9 Å². The van der Waals surface area contributed by atoms with E-state index in [1.54, 1.807) is 0 Å². The molecule has 4 aliphatic rings. The van der Waals surface area contributed by atoms with Crippen molar-refractivity contribution in [3.8, 4) is 0 Å². The van der Waals surface area contributed by atoms with Crippen LogP contribution in [-0.4, -0.2) is 38.8 Å². The second-order valence-electron chi connectivity index (χ2n) is 9.97. The van der Waals surface area contributed by atoms with Crippen LogP contribution in [0.2, 0.25) is 0 Å². The van der Waals surface area contributed by atoms with E-state index in [-0.39, 0.29) is 46.2 Å². The number of ketones is 2. The summed E-state index contributed by atoms with van der Waals surface area (Å²) >= 11 is 3.23. The molecule has 4 fully saturated rings. The molecule has 0 aliphatic heterocycles. The highest BCUT2D eigenvalue weighted by atomic mass is 79.9. The molecule has 0 amide bonds. The second-order valence-corrected chi connectivity index (χ2v) is 10.5. The molecule has 0 radical (unpaired) electrons. The lowest BCUT2D eigenvalue weighted by Gasteiger charge is -2.60. The Morgan fingerprint density at radius 2 is 1.92 bits per heavy atom. The van der Waals surface area contributed by atoms with E-state index >= 15 is 0 Å². The Morgan fingerprint density at radius 3 is 2.62 bits per heavy atom. The maximum absolute atomic E-state index is 13.4. The number of aliphatic hydroxyl groups excluding tert-OH is 1. The van der Waals surface area contributed by atoms with Gasteiger partial charge >= 0.3 is 0 Å². The van der Waals surface area contributed by atoms with E-state index in [1.165, 1.54) is 0 Å². The fourth-order valence-corrected chi connectivity index (χ4v) is 8.09. The smallest absolute Gasteiger partial charge is 0.175 e. The summed E-state index contributed by atoms with van der Waals surface area (Å²) in [6, 6.07) is 0. The van der Waals surface area contributed by atoms with Gasteiger partial charge in [0.1, 0.15) is 11.4 Å². The SMILES string of the molecule is C[C@]12CC[C@H](O)C[C@@H]1CC[C@H]1[C@H]3CC[C@](O)(C(=O)CBr)[C@]3(C)CC(=O)[C@@H]12. The summed E-state index contributed by atoms with van der Waals surface area (Å²) in [6.45, 7) is 4.25. The quantitative estimate of drug-likeness (QED) is 0.664. The topological polar surface area (TPSA) is 74.6 Å². The van der Waals surface area contributed by atoms with Gasteiger partial charge in [-0.15, -0.1) is 0 Å². The normalized spacial score (nSPS) is 53.6. The van der Waals surface area contributed by atoms with Crippen molar-refractivity contribution in [2.75, 3.05) is 5.33 Å². The molecule has 0 aromatic carbocycles. The molecule has 26 heavy (non-hydrogen) atoms. The van der Waals surface area contributed by atoms with Gasteiger partial charge < -0.3 is 10.2 Å². The highest BCUT2D eigenvalue weighted by Gasteiger charge is 2.68. The summed E-state index contributed by atoms with van der Waals surface area (Å²) in [7, 11) is 0. The lowest BCUT2D eigenvalue weighted by Crippen LogP contribution is -2.62. The highest BCUT2D eigenvalue weighted by Crippen LogP contribution is 2.67. The van der Waals surface area contributed by atoms with Crippen LogP contribution in [0.15, 0.2) is 0 Å². The molecule has 4 nitrogen and oxygen atoms in total. The number of rotatable bonds is 2. The Bertz CT molecular complexity index is 636. The van der Waals surface area contributed by atoms with E-state index in [0.717, 1.165) is 38.5 Å². The van der Waals surface area contributed by atoms with Crippen LogP contribution in [0.25, 0.3) is 0 Å². The van der Waals surface area contributed by atoms with Gasteiger partial charge in [-0.25, -0.2) is 0 Å². The van der Waals surface area contributed by atoms with Crippen LogP contribution in [0.5, 0.6) is 0 Å². The number of fused-ring (bicyclic) bond motifs is 5. The van der Waals surface area contributed by atoms with E-state index in [2.05, 4.69) is 22.9 Å². The van der Waals surface area contributed by atoms with E-state index < -0.39 is 11.0 Å². The van der Waals surface area contributed by atoms with Gasteiger partial charge in [-0.3, -0.25) is 9.59 Å². The monoisotopic (exact) mass is 426 g/mol. The van der Waals surface area contributed by atoms with E-state index in [4.69, 9.17) is 0 Å². The minimum Gasteiger partial charge on any atom is -0.393 e. The summed E-state index contributed by atoms with van der Waals surface area (Å²) in [5, 5.41) is 21.5. The van der Waals surface area contributed by atoms with Crippen LogP contribution in [0.1, 0.15) is 65.2 Å². The zero-order chi connectivity index (χ0) is 18.9. The molecule has 0 bridgehead atoms. The van der Waals surface area contributed by atoms with Crippen LogP contribution < -0.4 is 0 Å². The average Bonchev–Trinajstić information content (AvgIpc) is 2.86. The Balaban J connectivity index is 1.70. The predicted molar refractivity (Wildman–Crippen MR) is 102 cm³/mol. The third-order valence-electron chi connectivity index (χ3n) is 9.06. The zero-order valence-corrected chi connectivity index (χ0v) is 17.4. The second kappa shape index (κ2) is 6.12. The summed E-state index contributed by atoms with van der Waals surface area (Å²) in [6.07, 6.45) is 5.98. The van der Waals surface area contributed by atoms with Gasteiger partial charge in [-0.1, -0.05) is 29.8 Å². The van der Waals surface area contributed by atoms with Crippen molar-refractivity contribution >= 4 is 27.5 Å². The standard InChI is InChI=1S/C21H31BrO4/c1-19-7-5-13(23)9-12(19)3-4-14-15-6-8-21(26,17(25)11-22)20(15,2)10-16(24)18(14)19/h12-15,18,23,26H,3-11H2,1-2H3/t12-,13-,14-,15+,18+,19-,20+,21-/m0/s1. The van der Waals surface area contributed by atoms with Gasteiger partial charge in [0.25, 0.3) is 0 Å². The Morgan fingerprint density at radius 1 is 1.19 bits per heavy atom. The van der Waals surface area contributed by atoms with Crippen molar-refractivity contribution < 1.29 is 19.8 Å². The van der Waals surface area contributed by atoms with E-state index in [1.807, 2.05) is 6.92 Å². The molecule has 0 heterocycles. The third kappa shape index (κ3) is 2.32. The number of Topliss-reactive ketones (excluding diaryl/α,β-unsaturated/α-hetero) is 2. The van der Waals surface area contributed by atoms with Crippen LogP contribution in [0, 0.1) is 34.5 Å². The molecule has 4 rings (SSSR count). The maximum atomic E-state index is 13.4. The summed E-state index contributed by atoms with van der Waals surface area (Å²) in [4.78, 5) is 26.0. The molecule has 8 atom stereocenters. The number of alkyl halides is 1. The molecule has 0 saturated heterocycles. The average molecular weight is 427 g/mol. The summed E-state index contributed by atoms with van der Waals surface area (Å²) in [5.41, 5.74) is -2.03. The van der Waals surface area contributed by atoms with Gasteiger partial charge in [-0.05, 0) is 68.1 Å². The minimum absolute atomic E-state index is 0.0271. The van der Waals surface area contributed by atoms with Crippen molar-refractivity contribution in [1.29, 1.82) is 0 Å². The van der Waals surface area contributed by atoms with Crippen LogP contribution in [-0.2, 0) is 9.59 Å². The van der Waals surface area contributed by atoms with E-state index in [0.29, 0.717) is 18.8 Å². The third-order valence-corrected chi connectivity index (χ3v) is 9.57. The first-order valence-electron chi connectivity index (χ1n) is 10.2. The Labute approximate surface area is 164 Å². The molecule has 4 saturated carbocycles. The Kier molecular flexibility index (Phi) is 4.49. The minimum atomic E-state index is -1.37. The highest BCUT2D eigenvalue weighted by molar-refractivity contribution is 9.09. The molecule has 2 N–H and O–H groups in total. The Hall–Kier alpha value is -0.260. The molecule has 0 aromatic rings. The van der Waals surface area contributed by atoms with Gasteiger partial charge in [0.15, 0.2) is 5.78 Å². The molecular formula is C21H31BrO4. The first-order chi connectivity index (χ1) is 12.2. The van der Waals surface area contributed by atoms with Gasteiger partial charge in [0.05, 0.1) is 11.4 Å². The molecule has 5 heteroatoms. The fourth-order valence-electron chi connectivity index (χ4n) is 7.62. The number of hydrogen-bond donors (Lipinski definition) is 2. The molecule has 0 aromatic heterocycles. The molecule has 146 valence electrons. The molecule has 0 spiro atoms. The number of halogens is 1. The van der Waals surface area contributed by atoms with Crippen LogP contribution in [0.4, 0.5) is 0 Å². The van der Waals surface area contributed by atoms with E-state index in [9.17, 15) is 19.8 Å². The number of aliphatic hydroxyl groups is 2. The number of hydrogen-bond acceptors (Lipinski definition) is 4. The first-order valence-corrected chi connectivity index (χ1v) is 11.3. The van der Waals surface area contributed by atoms with Gasteiger partial charge in [0.2, 0.25) is 0 Å². The first kappa shape index (κ1) is 19.1. The van der Waals surface area contributed by atoms with Crippen LogP contribution in [0.3, 0.4) is 0 Å². The molecule has 4 aliphatic carbocycles. The fraction of sp³-hybridized carbons (Fsp3) is 0.905. The van der Waals surface area contributed by atoms with Crippen LogP contribution >= 0.6 is 15.9 Å². The van der Waals surface area contributed by atoms with Crippen molar-refractivity contribution in [3.05, 3.63) is 0 Å². The molecule has 0 unspecified atom stereocenters. The number of carbonyl (C=O) groups is 2. The van der Waals surface area contributed by atoms with Gasteiger partial charge in [0, 0.05) is 17.8 Å². The summed E-state index contributed by atoms with van der Waals surface area (Å²) in [5.74, 6) is 1.05. The number of carbonyl (C=O) groups excluding carboxylic acids is 2. The largest absolute Gasteiger partial charge is 0.393 e. The van der Waals surface area contributed by atoms with Crippen molar-refractivity contribution in [3.63, 3.8) is 0 Å².